The Kier molecular flexibility index (Phi) is 4.83. The van der Waals surface area contributed by atoms with E-state index in [9.17, 15) is 14.7 Å². The van der Waals surface area contributed by atoms with Gasteiger partial charge in [-0.2, -0.15) is 0 Å². The number of amides is 1. The van der Waals surface area contributed by atoms with Gasteiger partial charge in [0.05, 0.1) is 17.5 Å². The fourth-order valence-electron chi connectivity index (χ4n) is 4.34. The minimum absolute atomic E-state index is 0.00435. The number of allylic oxidation sites excluding steroid dienone is 2. The van der Waals surface area contributed by atoms with Gasteiger partial charge in [-0.05, 0) is 31.1 Å². The third-order valence-corrected chi connectivity index (χ3v) is 6.75. The molecule has 3 aliphatic rings. The standard InChI is InChI=1S/C21H22N2O3S/c1-2-15-18(14-6-4-3-5-7-14)22-21(27-15)23-19(24)16-12-8-10-13(11-9-12)17(16)20(25)26/h3-8,10,12-13,16-17H,2,9,11H2,1H3,(H,25,26)(H,22,23,24)/t12-,13-,16-,17-/m0/s1. The fourth-order valence-corrected chi connectivity index (χ4v) is 5.27. The van der Waals surface area contributed by atoms with E-state index in [0.29, 0.717) is 5.13 Å². The Hall–Kier alpha value is -2.47. The molecule has 5 nitrogen and oxygen atoms in total. The summed E-state index contributed by atoms with van der Waals surface area (Å²) in [4.78, 5) is 30.5. The van der Waals surface area contributed by atoms with Gasteiger partial charge in [0.1, 0.15) is 0 Å². The lowest BCUT2D eigenvalue weighted by Gasteiger charge is -2.41. The molecule has 3 aliphatic carbocycles. The highest BCUT2D eigenvalue weighted by Crippen LogP contribution is 2.45. The van der Waals surface area contributed by atoms with Gasteiger partial charge in [-0.1, -0.05) is 49.4 Å². The third-order valence-electron chi connectivity index (χ3n) is 5.63. The Balaban J connectivity index is 1.59. The lowest BCUT2D eigenvalue weighted by Crippen LogP contribution is -2.47. The average Bonchev–Trinajstić information content (AvgIpc) is 3.11. The Labute approximate surface area is 162 Å². The fraction of sp³-hybridized carbons (Fsp3) is 0.381. The summed E-state index contributed by atoms with van der Waals surface area (Å²) in [6.45, 7) is 2.07. The minimum atomic E-state index is -0.882. The summed E-state index contributed by atoms with van der Waals surface area (Å²) >= 11 is 1.47. The Morgan fingerprint density at radius 2 is 1.81 bits per heavy atom. The number of carbonyl (C=O) groups excluding carboxylic acids is 1. The number of carboxylic acids is 1. The van der Waals surface area contributed by atoms with E-state index in [0.717, 1.165) is 35.4 Å². The van der Waals surface area contributed by atoms with Gasteiger partial charge in [0.25, 0.3) is 0 Å². The third kappa shape index (κ3) is 3.30. The molecule has 4 atom stereocenters. The van der Waals surface area contributed by atoms with Crippen LogP contribution in [0.2, 0.25) is 0 Å². The number of aryl methyl sites for hydroxylation is 1. The highest BCUT2D eigenvalue weighted by molar-refractivity contribution is 7.16. The zero-order chi connectivity index (χ0) is 19.0. The molecule has 1 amide bonds. The van der Waals surface area contributed by atoms with E-state index >= 15 is 0 Å². The van der Waals surface area contributed by atoms with Gasteiger partial charge >= 0.3 is 5.97 Å². The molecule has 0 saturated heterocycles. The molecule has 2 N–H and O–H groups in total. The first-order valence-electron chi connectivity index (χ1n) is 9.35. The second kappa shape index (κ2) is 7.27. The van der Waals surface area contributed by atoms with Gasteiger partial charge in [0, 0.05) is 10.4 Å². The summed E-state index contributed by atoms with van der Waals surface area (Å²) in [5.74, 6) is -2.33. The van der Waals surface area contributed by atoms with Crippen molar-refractivity contribution in [2.45, 2.75) is 26.2 Å². The maximum atomic E-state index is 13.0. The largest absolute Gasteiger partial charge is 0.481 e. The lowest BCUT2D eigenvalue weighted by atomic mass is 9.62. The number of nitrogens with one attached hydrogen (secondary N) is 1. The van der Waals surface area contributed by atoms with Crippen molar-refractivity contribution in [2.24, 2.45) is 23.7 Å². The SMILES string of the molecule is CCc1sc(NC(=O)[C@@H]2[C@@H](C(=O)O)[C@H]3C=C[C@H]2CC3)nc1-c1ccccc1. The van der Waals surface area contributed by atoms with Crippen molar-refractivity contribution in [3.63, 3.8) is 0 Å². The Bertz CT molecular complexity index is 890. The summed E-state index contributed by atoms with van der Waals surface area (Å²) in [5.41, 5.74) is 1.91. The van der Waals surface area contributed by atoms with E-state index < -0.39 is 17.8 Å². The number of hydrogen-bond donors (Lipinski definition) is 2. The van der Waals surface area contributed by atoms with Crippen molar-refractivity contribution in [1.29, 1.82) is 0 Å². The molecule has 27 heavy (non-hydrogen) atoms. The van der Waals surface area contributed by atoms with Gasteiger partial charge in [0.2, 0.25) is 5.91 Å². The molecule has 2 bridgehead atoms. The number of anilines is 1. The number of aromatic nitrogens is 1. The van der Waals surface area contributed by atoms with Crippen LogP contribution in [0, 0.1) is 23.7 Å². The van der Waals surface area contributed by atoms with Gasteiger partial charge in [0.15, 0.2) is 5.13 Å². The Morgan fingerprint density at radius 1 is 1.15 bits per heavy atom. The molecule has 0 aliphatic heterocycles. The van der Waals surface area contributed by atoms with Gasteiger partial charge in [-0.25, -0.2) is 4.98 Å². The van der Waals surface area contributed by atoms with Crippen molar-refractivity contribution in [2.75, 3.05) is 5.32 Å². The number of benzene rings is 1. The van der Waals surface area contributed by atoms with E-state index in [1.54, 1.807) is 0 Å². The summed E-state index contributed by atoms with van der Waals surface area (Å²) in [5, 5.41) is 13.1. The van der Waals surface area contributed by atoms with Gasteiger partial charge in [-0.3, -0.25) is 9.59 Å². The van der Waals surface area contributed by atoms with Crippen LogP contribution in [0.15, 0.2) is 42.5 Å². The number of hydrogen-bond acceptors (Lipinski definition) is 4. The first-order valence-corrected chi connectivity index (χ1v) is 10.2. The number of fused-ring (bicyclic) bond motifs is 2. The predicted molar refractivity (Wildman–Crippen MR) is 106 cm³/mol. The monoisotopic (exact) mass is 382 g/mol. The lowest BCUT2D eigenvalue weighted by molar-refractivity contribution is -0.151. The molecule has 1 saturated carbocycles. The summed E-state index contributed by atoms with van der Waals surface area (Å²) in [6, 6.07) is 9.90. The maximum absolute atomic E-state index is 13.0. The second-order valence-electron chi connectivity index (χ2n) is 7.18. The number of rotatable bonds is 5. The number of thiazole rings is 1. The van der Waals surface area contributed by atoms with Crippen molar-refractivity contribution < 1.29 is 14.7 Å². The molecule has 5 rings (SSSR count). The zero-order valence-electron chi connectivity index (χ0n) is 15.1. The van der Waals surface area contributed by atoms with Gasteiger partial charge < -0.3 is 10.4 Å². The molecule has 0 unspecified atom stereocenters. The van der Waals surface area contributed by atoms with E-state index in [2.05, 4.69) is 17.2 Å². The Morgan fingerprint density at radius 3 is 2.41 bits per heavy atom. The first kappa shape index (κ1) is 17.9. The van der Waals surface area contributed by atoms with Crippen LogP contribution in [0.5, 0.6) is 0 Å². The molecule has 1 heterocycles. The first-order chi connectivity index (χ1) is 13.1. The molecular formula is C21H22N2O3S. The van der Waals surface area contributed by atoms with Crippen LogP contribution in [-0.4, -0.2) is 22.0 Å². The molecule has 0 spiro atoms. The van der Waals surface area contributed by atoms with Crippen LogP contribution in [-0.2, 0) is 16.0 Å². The van der Waals surface area contributed by atoms with Crippen molar-refractivity contribution in [1.82, 2.24) is 4.98 Å². The quantitative estimate of drug-likeness (QED) is 0.759. The van der Waals surface area contributed by atoms with Gasteiger partial charge in [-0.15, -0.1) is 11.3 Å². The highest BCUT2D eigenvalue weighted by Gasteiger charge is 2.48. The van der Waals surface area contributed by atoms with E-state index in [4.69, 9.17) is 0 Å². The van der Waals surface area contributed by atoms with Crippen LogP contribution in [0.3, 0.4) is 0 Å². The predicted octanol–water partition coefficient (Wildman–Crippen LogP) is 4.22. The smallest absolute Gasteiger partial charge is 0.307 e. The summed E-state index contributed by atoms with van der Waals surface area (Å²) in [6.07, 6.45) is 6.54. The second-order valence-corrected chi connectivity index (χ2v) is 8.26. The van der Waals surface area contributed by atoms with E-state index in [1.807, 2.05) is 42.5 Å². The number of carboxylic acid groups (broad SMARTS) is 1. The molecule has 2 aromatic rings. The van der Waals surface area contributed by atoms with E-state index in [-0.39, 0.29) is 17.7 Å². The molecule has 1 aromatic heterocycles. The summed E-state index contributed by atoms with van der Waals surface area (Å²) in [7, 11) is 0. The topological polar surface area (TPSA) is 79.3 Å². The molecule has 140 valence electrons. The van der Waals surface area contributed by atoms with Crippen LogP contribution in [0.4, 0.5) is 5.13 Å². The summed E-state index contributed by atoms with van der Waals surface area (Å²) < 4.78 is 0. The normalized spacial score (nSPS) is 26.1. The van der Waals surface area contributed by atoms with Crippen LogP contribution in [0.1, 0.15) is 24.6 Å². The molecule has 0 radical (unpaired) electrons. The minimum Gasteiger partial charge on any atom is -0.481 e. The van der Waals surface area contributed by atoms with Crippen LogP contribution >= 0.6 is 11.3 Å². The van der Waals surface area contributed by atoms with Crippen molar-refractivity contribution in [3.8, 4) is 11.3 Å². The molecule has 1 fully saturated rings. The number of carbonyl (C=O) groups is 2. The number of nitrogens with zero attached hydrogens (tertiary/aromatic N) is 1. The van der Waals surface area contributed by atoms with E-state index in [1.165, 1.54) is 11.3 Å². The van der Waals surface area contributed by atoms with Crippen LogP contribution < -0.4 is 5.32 Å². The number of aliphatic carboxylic acids is 1. The zero-order valence-corrected chi connectivity index (χ0v) is 15.9. The highest BCUT2D eigenvalue weighted by atomic mass is 32.1. The molecular weight excluding hydrogens is 360 g/mol. The molecule has 6 heteroatoms. The maximum Gasteiger partial charge on any atom is 0.307 e. The molecule has 1 aromatic carbocycles. The van der Waals surface area contributed by atoms with Crippen molar-refractivity contribution in [3.05, 3.63) is 47.4 Å². The average molecular weight is 382 g/mol. The van der Waals surface area contributed by atoms with Crippen molar-refractivity contribution >= 4 is 28.3 Å². The van der Waals surface area contributed by atoms with Crippen LogP contribution in [0.25, 0.3) is 11.3 Å².